The number of aromatic nitrogens is 2. The van der Waals surface area contributed by atoms with Crippen LogP contribution in [0.15, 0.2) is 34.0 Å². The normalized spacial score (nSPS) is 11.4. The van der Waals surface area contributed by atoms with Gasteiger partial charge in [0.1, 0.15) is 4.21 Å². The molecule has 9 heteroatoms. The van der Waals surface area contributed by atoms with E-state index in [0.717, 1.165) is 11.3 Å². The van der Waals surface area contributed by atoms with Crippen molar-refractivity contribution >= 4 is 33.1 Å². The van der Waals surface area contributed by atoms with Gasteiger partial charge in [0, 0.05) is 32.3 Å². The van der Waals surface area contributed by atoms with E-state index < -0.39 is 10.0 Å². The molecule has 0 aliphatic carbocycles. The quantitative estimate of drug-likeness (QED) is 0.824. The molecule has 2 aromatic rings. The molecule has 0 aliphatic heterocycles. The van der Waals surface area contributed by atoms with Crippen LogP contribution in [0.2, 0.25) is 0 Å². The number of nitrogens with one attached hydrogen (secondary N) is 2. The number of rotatable bonds is 6. The third kappa shape index (κ3) is 3.89. The standard InChI is InChI=1S/C11H14N4O3S2/c1-15-7-5-9(14-15)13-10(16)4-6-12-20(17,18)11-3-2-8-19-11/h2-3,5,7-8,12H,4,6H2,1H3,(H,13,14,16). The second-order valence-electron chi connectivity index (χ2n) is 4.00. The zero-order chi connectivity index (χ0) is 14.6. The Hall–Kier alpha value is -1.71. The second-order valence-corrected chi connectivity index (χ2v) is 6.94. The Morgan fingerprint density at radius 2 is 2.25 bits per heavy atom. The van der Waals surface area contributed by atoms with E-state index in [1.54, 1.807) is 35.4 Å². The molecule has 1 amide bonds. The topological polar surface area (TPSA) is 93.1 Å². The van der Waals surface area contributed by atoms with Crippen LogP contribution in [0.3, 0.4) is 0 Å². The Morgan fingerprint density at radius 3 is 2.85 bits per heavy atom. The van der Waals surface area contributed by atoms with E-state index in [-0.39, 0.29) is 23.1 Å². The molecular weight excluding hydrogens is 300 g/mol. The van der Waals surface area contributed by atoms with Crippen LogP contribution in [0, 0.1) is 0 Å². The number of carbonyl (C=O) groups excluding carboxylic acids is 1. The zero-order valence-electron chi connectivity index (χ0n) is 10.7. The lowest BCUT2D eigenvalue weighted by atomic mass is 10.4. The molecule has 0 radical (unpaired) electrons. The number of thiophene rings is 1. The Kier molecular flexibility index (Phi) is 4.53. The summed E-state index contributed by atoms with van der Waals surface area (Å²) in [4.78, 5) is 11.6. The Morgan fingerprint density at radius 1 is 1.45 bits per heavy atom. The maximum Gasteiger partial charge on any atom is 0.250 e. The third-order valence-electron chi connectivity index (χ3n) is 2.39. The van der Waals surface area contributed by atoms with Crippen molar-refractivity contribution in [1.82, 2.24) is 14.5 Å². The summed E-state index contributed by atoms with van der Waals surface area (Å²) in [5.74, 6) is 0.149. The number of hydrogen-bond donors (Lipinski definition) is 2. The van der Waals surface area contributed by atoms with Gasteiger partial charge in [-0.3, -0.25) is 9.48 Å². The Labute approximate surface area is 120 Å². The van der Waals surface area contributed by atoms with Crippen molar-refractivity contribution < 1.29 is 13.2 Å². The van der Waals surface area contributed by atoms with Crippen molar-refractivity contribution in [2.75, 3.05) is 11.9 Å². The van der Waals surface area contributed by atoms with Crippen LogP contribution in [-0.2, 0) is 21.9 Å². The predicted molar refractivity (Wildman–Crippen MR) is 76.0 cm³/mol. The summed E-state index contributed by atoms with van der Waals surface area (Å²) >= 11 is 1.13. The van der Waals surface area contributed by atoms with Crippen LogP contribution < -0.4 is 10.0 Å². The van der Waals surface area contributed by atoms with Crippen molar-refractivity contribution in [3.8, 4) is 0 Å². The molecule has 0 saturated carbocycles. The summed E-state index contributed by atoms with van der Waals surface area (Å²) in [5.41, 5.74) is 0. The van der Waals surface area contributed by atoms with Crippen LogP contribution >= 0.6 is 11.3 Å². The number of sulfonamides is 1. The lowest BCUT2D eigenvalue weighted by Crippen LogP contribution is -2.27. The molecule has 0 unspecified atom stereocenters. The minimum atomic E-state index is -3.51. The number of aryl methyl sites for hydroxylation is 1. The SMILES string of the molecule is Cn1ccc(NC(=O)CCNS(=O)(=O)c2cccs2)n1. The highest BCUT2D eigenvalue weighted by atomic mass is 32.2. The first-order chi connectivity index (χ1) is 9.47. The second kappa shape index (κ2) is 6.16. The summed E-state index contributed by atoms with van der Waals surface area (Å²) in [7, 11) is -1.77. The largest absolute Gasteiger partial charge is 0.309 e. The molecular formula is C11H14N4O3S2. The summed E-state index contributed by atoms with van der Waals surface area (Å²) in [5, 5.41) is 8.26. The average Bonchev–Trinajstić information content (AvgIpc) is 3.00. The molecule has 2 heterocycles. The molecule has 0 saturated heterocycles. The maximum absolute atomic E-state index is 11.8. The summed E-state index contributed by atoms with van der Waals surface area (Å²) in [6.45, 7) is 0.0406. The predicted octanol–water partition coefficient (Wildman–Crippen LogP) is 0.789. The highest BCUT2D eigenvalue weighted by molar-refractivity contribution is 7.91. The highest BCUT2D eigenvalue weighted by Crippen LogP contribution is 2.15. The molecule has 0 spiro atoms. The van der Waals surface area contributed by atoms with E-state index in [1.165, 1.54) is 6.07 Å². The van der Waals surface area contributed by atoms with Gasteiger partial charge in [0.25, 0.3) is 0 Å². The summed E-state index contributed by atoms with van der Waals surface area (Å²) in [6, 6.07) is 4.84. The fourth-order valence-corrected chi connectivity index (χ4v) is 3.54. The minimum Gasteiger partial charge on any atom is -0.309 e. The molecule has 0 bridgehead atoms. The lowest BCUT2D eigenvalue weighted by Gasteiger charge is -2.04. The summed E-state index contributed by atoms with van der Waals surface area (Å²) < 4.78 is 27.8. The average molecular weight is 314 g/mol. The number of carbonyl (C=O) groups is 1. The van der Waals surface area contributed by atoms with Gasteiger partial charge >= 0.3 is 0 Å². The summed E-state index contributed by atoms with van der Waals surface area (Å²) in [6.07, 6.45) is 1.75. The Bertz CT molecular complexity index is 676. The zero-order valence-corrected chi connectivity index (χ0v) is 12.4. The van der Waals surface area contributed by atoms with Gasteiger partial charge in [-0.15, -0.1) is 11.3 Å². The number of anilines is 1. The van der Waals surface area contributed by atoms with E-state index >= 15 is 0 Å². The van der Waals surface area contributed by atoms with Gasteiger partial charge in [-0.2, -0.15) is 5.10 Å². The van der Waals surface area contributed by atoms with Crippen LogP contribution in [0.5, 0.6) is 0 Å². The molecule has 0 aromatic carbocycles. The van der Waals surface area contributed by atoms with Crippen molar-refractivity contribution in [3.05, 3.63) is 29.8 Å². The van der Waals surface area contributed by atoms with Gasteiger partial charge in [-0.05, 0) is 11.4 Å². The van der Waals surface area contributed by atoms with E-state index in [0.29, 0.717) is 5.82 Å². The third-order valence-corrected chi connectivity index (χ3v) is 5.24. The molecule has 7 nitrogen and oxygen atoms in total. The van der Waals surface area contributed by atoms with Crippen LogP contribution in [0.1, 0.15) is 6.42 Å². The number of amides is 1. The number of hydrogen-bond acceptors (Lipinski definition) is 5. The number of nitrogens with zero attached hydrogens (tertiary/aromatic N) is 2. The molecule has 20 heavy (non-hydrogen) atoms. The fraction of sp³-hybridized carbons (Fsp3) is 0.273. The molecule has 2 N–H and O–H groups in total. The fourth-order valence-electron chi connectivity index (χ4n) is 1.47. The highest BCUT2D eigenvalue weighted by Gasteiger charge is 2.15. The van der Waals surface area contributed by atoms with Crippen LogP contribution in [0.4, 0.5) is 5.82 Å². The lowest BCUT2D eigenvalue weighted by molar-refractivity contribution is -0.116. The first-order valence-electron chi connectivity index (χ1n) is 5.80. The minimum absolute atomic E-state index is 0.0406. The van der Waals surface area contributed by atoms with Gasteiger partial charge in [0.15, 0.2) is 5.82 Å². The molecule has 108 valence electrons. The molecule has 0 aliphatic rings. The smallest absolute Gasteiger partial charge is 0.250 e. The Balaban J connectivity index is 1.80. The van der Waals surface area contributed by atoms with Gasteiger partial charge in [0.2, 0.25) is 15.9 Å². The molecule has 0 fully saturated rings. The monoisotopic (exact) mass is 314 g/mol. The van der Waals surface area contributed by atoms with Crippen LogP contribution in [-0.4, -0.2) is 30.7 Å². The van der Waals surface area contributed by atoms with Crippen molar-refractivity contribution in [3.63, 3.8) is 0 Å². The van der Waals surface area contributed by atoms with Gasteiger partial charge in [-0.1, -0.05) is 6.07 Å². The first-order valence-corrected chi connectivity index (χ1v) is 8.16. The maximum atomic E-state index is 11.8. The van der Waals surface area contributed by atoms with Crippen LogP contribution in [0.25, 0.3) is 0 Å². The molecule has 2 aromatic heterocycles. The van der Waals surface area contributed by atoms with Crippen molar-refractivity contribution in [2.24, 2.45) is 7.05 Å². The van der Waals surface area contributed by atoms with E-state index in [9.17, 15) is 13.2 Å². The van der Waals surface area contributed by atoms with E-state index in [1.807, 2.05) is 0 Å². The first kappa shape index (κ1) is 14.7. The molecule has 0 atom stereocenters. The van der Waals surface area contributed by atoms with Gasteiger partial charge < -0.3 is 5.32 Å². The van der Waals surface area contributed by atoms with E-state index in [4.69, 9.17) is 0 Å². The molecule has 2 rings (SSSR count). The van der Waals surface area contributed by atoms with Crippen molar-refractivity contribution in [2.45, 2.75) is 10.6 Å². The van der Waals surface area contributed by atoms with Crippen molar-refractivity contribution in [1.29, 1.82) is 0 Å². The van der Waals surface area contributed by atoms with Gasteiger partial charge in [-0.25, -0.2) is 13.1 Å². The van der Waals surface area contributed by atoms with E-state index in [2.05, 4.69) is 15.1 Å². The van der Waals surface area contributed by atoms with Gasteiger partial charge in [0.05, 0.1) is 0 Å².